The predicted molar refractivity (Wildman–Crippen MR) is 80.3 cm³/mol. The lowest BCUT2D eigenvalue weighted by atomic mass is 9.83. The van der Waals surface area contributed by atoms with Crippen molar-refractivity contribution in [2.24, 2.45) is 23.5 Å². The Kier molecular flexibility index (Phi) is 4.75. The molecule has 4 nitrogen and oxygen atoms in total. The van der Waals surface area contributed by atoms with E-state index in [4.69, 9.17) is 10.5 Å². The van der Waals surface area contributed by atoms with Gasteiger partial charge in [-0.3, -0.25) is 4.90 Å². The van der Waals surface area contributed by atoms with Crippen LogP contribution in [0.3, 0.4) is 0 Å². The minimum atomic E-state index is -0.805. The number of likely N-dealkylation sites (tertiary alicyclic amines) is 1. The molecule has 2 rings (SSSR count). The first kappa shape index (κ1) is 15.8. The number of carbonyl (C=O) groups is 1. The van der Waals surface area contributed by atoms with Crippen LogP contribution < -0.4 is 5.73 Å². The molecule has 4 heteroatoms. The second kappa shape index (κ2) is 6.02. The summed E-state index contributed by atoms with van der Waals surface area (Å²) in [7, 11) is 0. The van der Waals surface area contributed by atoms with Gasteiger partial charge in [-0.15, -0.1) is 0 Å². The second-order valence-electron chi connectivity index (χ2n) is 7.02. The maximum Gasteiger partial charge on any atom is 0.327 e. The minimum absolute atomic E-state index is 0.208. The molecule has 0 bridgehead atoms. The van der Waals surface area contributed by atoms with E-state index in [0.717, 1.165) is 19.4 Å². The van der Waals surface area contributed by atoms with Crippen molar-refractivity contribution in [3.63, 3.8) is 0 Å². The van der Waals surface area contributed by atoms with Crippen LogP contribution in [0.4, 0.5) is 0 Å². The van der Waals surface area contributed by atoms with Gasteiger partial charge in [0.2, 0.25) is 0 Å². The topological polar surface area (TPSA) is 55.6 Å². The van der Waals surface area contributed by atoms with E-state index in [1.165, 1.54) is 6.42 Å². The lowest BCUT2D eigenvalue weighted by Gasteiger charge is -2.44. The van der Waals surface area contributed by atoms with Gasteiger partial charge in [0.15, 0.2) is 0 Å². The molecule has 0 radical (unpaired) electrons. The normalized spacial score (nSPS) is 34.5. The van der Waals surface area contributed by atoms with E-state index in [1.807, 2.05) is 6.92 Å². The second-order valence-corrected chi connectivity index (χ2v) is 7.02. The summed E-state index contributed by atoms with van der Waals surface area (Å²) < 4.78 is 5.25. The summed E-state index contributed by atoms with van der Waals surface area (Å²) >= 11 is 0. The molecule has 0 amide bonds. The molecule has 0 aromatic rings. The number of carbonyl (C=O) groups excluding carboxylic acids is 1. The Morgan fingerprint density at radius 2 is 2.00 bits per heavy atom. The van der Waals surface area contributed by atoms with Crippen molar-refractivity contribution in [2.45, 2.75) is 58.5 Å². The van der Waals surface area contributed by atoms with Gasteiger partial charge in [0.05, 0.1) is 6.61 Å². The van der Waals surface area contributed by atoms with E-state index in [0.29, 0.717) is 36.9 Å². The Morgan fingerprint density at radius 1 is 1.35 bits per heavy atom. The number of ether oxygens (including phenoxy) is 1. The molecule has 2 N–H and O–H groups in total. The zero-order valence-electron chi connectivity index (χ0n) is 13.4. The molecule has 2 aliphatic rings. The third-order valence-electron chi connectivity index (χ3n) is 5.15. The summed E-state index contributed by atoms with van der Waals surface area (Å²) in [5, 5.41) is 0. The summed E-state index contributed by atoms with van der Waals surface area (Å²) in [6, 6.07) is 0.488. The Balaban J connectivity index is 2.09. The molecule has 0 spiro atoms. The third kappa shape index (κ3) is 3.17. The molecule has 0 aromatic heterocycles. The summed E-state index contributed by atoms with van der Waals surface area (Å²) in [6.07, 6.45) is 3.38. The lowest BCUT2D eigenvalue weighted by molar-refractivity contribution is -0.152. The van der Waals surface area contributed by atoms with Gasteiger partial charge in [-0.05, 0) is 50.9 Å². The van der Waals surface area contributed by atoms with E-state index in [9.17, 15) is 4.79 Å². The SMILES string of the molecule is CCOC(=O)C(N)(CN1CC(C)CC(C)C1C)C1CC1. The molecule has 4 atom stereocenters. The molecule has 1 aliphatic carbocycles. The van der Waals surface area contributed by atoms with Crippen molar-refractivity contribution < 1.29 is 9.53 Å². The molecule has 0 aromatic carbocycles. The molecule has 1 saturated heterocycles. The quantitative estimate of drug-likeness (QED) is 0.784. The van der Waals surface area contributed by atoms with Crippen LogP contribution >= 0.6 is 0 Å². The van der Waals surface area contributed by atoms with Crippen molar-refractivity contribution >= 4 is 5.97 Å². The molecule has 4 unspecified atom stereocenters. The van der Waals surface area contributed by atoms with Crippen molar-refractivity contribution in [3.05, 3.63) is 0 Å². The van der Waals surface area contributed by atoms with Gasteiger partial charge in [-0.25, -0.2) is 4.79 Å². The van der Waals surface area contributed by atoms with E-state index in [-0.39, 0.29) is 5.97 Å². The third-order valence-corrected chi connectivity index (χ3v) is 5.15. The number of nitrogens with two attached hydrogens (primary N) is 1. The maximum atomic E-state index is 12.3. The van der Waals surface area contributed by atoms with Crippen molar-refractivity contribution in [3.8, 4) is 0 Å². The highest BCUT2D eigenvalue weighted by Crippen LogP contribution is 2.40. The van der Waals surface area contributed by atoms with Gasteiger partial charge in [-0.2, -0.15) is 0 Å². The first-order chi connectivity index (χ1) is 9.38. The van der Waals surface area contributed by atoms with Crippen LogP contribution in [0.2, 0.25) is 0 Å². The van der Waals surface area contributed by atoms with E-state index in [1.54, 1.807) is 0 Å². The molecule has 1 saturated carbocycles. The number of piperidine rings is 1. The number of nitrogens with zero attached hydrogens (tertiary/aromatic N) is 1. The van der Waals surface area contributed by atoms with Crippen molar-refractivity contribution in [1.82, 2.24) is 4.90 Å². The van der Waals surface area contributed by atoms with E-state index in [2.05, 4.69) is 25.7 Å². The molecule has 2 fully saturated rings. The van der Waals surface area contributed by atoms with Crippen LogP contribution in [-0.4, -0.2) is 42.1 Å². The minimum Gasteiger partial charge on any atom is -0.465 e. The average molecular weight is 282 g/mol. The molecule has 20 heavy (non-hydrogen) atoms. The van der Waals surface area contributed by atoms with Crippen LogP contribution in [0.15, 0.2) is 0 Å². The number of hydrogen-bond acceptors (Lipinski definition) is 4. The Morgan fingerprint density at radius 3 is 2.55 bits per heavy atom. The molecule has 1 aliphatic heterocycles. The van der Waals surface area contributed by atoms with Crippen molar-refractivity contribution in [1.29, 1.82) is 0 Å². The van der Waals surface area contributed by atoms with E-state index < -0.39 is 5.54 Å². The molecule has 116 valence electrons. The Hall–Kier alpha value is -0.610. The summed E-state index contributed by atoms with van der Waals surface area (Å²) in [4.78, 5) is 14.7. The van der Waals surface area contributed by atoms with Crippen LogP contribution in [0.1, 0.15) is 47.0 Å². The number of esters is 1. The molecular weight excluding hydrogens is 252 g/mol. The van der Waals surface area contributed by atoms with Gasteiger partial charge in [-0.1, -0.05) is 13.8 Å². The van der Waals surface area contributed by atoms with Gasteiger partial charge in [0, 0.05) is 19.1 Å². The smallest absolute Gasteiger partial charge is 0.327 e. The first-order valence-corrected chi connectivity index (χ1v) is 8.08. The fraction of sp³-hybridized carbons (Fsp3) is 0.938. The molecule has 1 heterocycles. The maximum absolute atomic E-state index is 12.3. The first-order valence-electron chi connectivity index (χ1n) is 8.08. The Bertz CT molecular complexity index is 356. The summed E-state index contributed by atoms with van der Waals surface area (Å²) in [5.41, 5.74) is 5.70. The van der Waals surface area contributed by atoms with Crippen LogP contribution in [0.25, 0.3) is 0 Å². The van der Waals surface area contributed by atoms with E-state index >= 15 is 0 Å². The Labute approximate surface area is 123 Å². The predicted octanol–water partition coefficient (Wildman–Crippen LogP) is 2.02. The zero-order valence-corrected chi connectivity index (χ0v) is 13.4. The number of rotatable bonds is 5. The monoisotopic (exact) mass is 282 g/mol. The lowest BCUT2D eigenvalue weighted by Crippen LogP contribution is -2.62. The number of hydrogen-bond donors (Lipinski definition) is 1. The summed E-state index contributed by atoms with van der Waals surface area (Å²) in [5.74, 6) is 1.43. The highest BCUT2D eigenvalue weighted by Gasteiger charge is 2.51. The van der Waals surface area contributed by atoms with Crippen LogP contribution in [-0.2, 0) is 9.53 Å². The van der Waals surface area contributed by atoms with Crippen LogP contribution in [0, 0.1) is 17.8 Å². The van der Waals surface area contributed by atoms with Crippen molar-refractivity contribution in [2.75, 3.05) is 19.7 Å². The fourth-order valence-corrected chi connectivity index (χ4v) is 3.60. The van der Waals surface area contributed by atoms with Gasteiger partial charge < -0.3 is 10.5 Å². The largest absolute Gasteiger partial charge is 0.465 e. The van der Waals surface area contributed by atoms with Gasteiger partial charge >= 0.3 is 5.97 Å². The van der Waals surface area contributed by atoms with Crippen LogP contribution in [0.5, 0.6) is 0 Å². The van der Waals surface area contributed by atoms with Gasteiger partial charge in [0.25, 0.3) is 0 Å². The molecular formula is C16H30N2O2. The fourth-order valence-electron chi connectivity index (χ4n) is 3.60. The zero-order chi connectivity index (χ0) is 14.9. The summed E-state index contributed by atoms with van der Waals surface area (Å²) in [6.45, 7) is 10.8. The highest BCUT2D eigenvalue weighted by atomic mass is 16.5. The van der Waals surface area contributed by atoms with Gasteiger partial charge in [0.1, 0.15) is 5.54 Å². The average Bonchev–Trinajstić information content (AvgIpc) is 3.20. The highest BCUT2D eigenvalue weighted by molar-refractivity contribution is 5.82. The standard InChI is InChI=1S/C16H30N2O2/c1-5-20-15(19)16(17,14-6-7-14)10-18-9-11(2)8-12(3)13(18)4/h11-14H,5-10,17H2,1-4H3.